The van der Waals surface area contributed by atoms with Crippen molar-refractivity contribution in [2.75, 3.05) is 11.5 Å². The summed E-state index contributed by atoms with van der Waals surface area (Å²) in [6.45, 7) is 0.01000. The number of fused-ring (bicyclic) bond motifs is 1. The number of anilines is 1. The van der Waals surface area contributed by atoms with Crippen LogP contribution in [0.5, 0.6) is 5.75 Å². The van der Waals surface area contributed by atoms with Crippen LogP contribution in [0.25, 0.3) is 0 Å². The van der Waals surface area contributed by atoms with Crippen molar-refractivity contribution >= 4 is 21.7 Å². The number of hydrogen-bond acceptors (Lipinski definition) is 6. The van der Waals surface area contributed by atoms with Crippen LogP contribution in [0.4, 0.5) is 14.5 Å². The number of rotatable bonds is 6. The fourth-order valence-electron chi connectivity index (χ4n) is 3.09. The zero-order valence-electron chi connectivity index (χ0n) is 16.5. The van der Waals surface area contributed by atoms with Gasteiger partial charge in [0.2, 0.25) is 0 Å². The highest BCUT2D eigenvalue weighted by molar-refractivity contribution is 7.92. The monoisotopic (exact) mass is 461 g/mol. The van der Waals surface area contributed by atoms with Gasteiger partial charge in [0.05, 0.1) is 17.1 Å². The Morgan fingerprint density at radius 1 is 1.00 bits per heavy atom. The number of carbonyl (C=O) groups excluding carboxylic acids is 1. The van der Waals surface area contributed by atoms with Gasteiger partial charge in [-0.1, -0.05) is 0 Å². The predicted octanol–water partition coefficient (Wildman–Crippen LogP) is 3.99. The molecule has 1 aliphatic rings. The summed E-state index contributed by atoms with van der Waals surface area (Å²) in [6.07, 6.45) is 0. The van der Waals surface area contributed by atoms with Crippen LogP contribution < -0.4 is 9.46 Å². The molecule has 3 aromatic rings. The van der Waals surface area contributed by atoms with Crippen LogP contribution in [0.3, 0.4) is 0 Å². The van der Waals surface area contributed by atoms with Gasteiger partial charge in [0, 0.05) is 16.8 Å². The third-order valence-electron chi connectivity index (χ3n) is 4.61. The van der Waals surface area contributed by atoms with Crippen molar-refractivity contribution in [2.24, 2.45) is 0 Å². The van der Waals surface area contributed by atoms with E-state index in [-0.39, 0.29) is 36.2 Å². The van der Waals surface area contributed by atoms with Crippen molar-refractivity contribution in [3.05, 3.63) is 89.0 Å². The van der Waals surface area contributed by atoms with Crippen LogP contribution in [-0.2, 0) is 32.7 Å². The fraction of sp³-hybridized carbons (Fsp3) is 0.136. The first-order valence-electron chi connectivity index (χ1n) is 9.39. The molecule has 7 nitrogen and oxygen atoms in total. The topological polar surface area (TPSA) is 90.9 Å². The van der Waals surface area contributed by atoms with E-state index in [0.29, 0.717) is 16.9 Å². The highest BCUT2D eigenvalue weighted by atomic mass is 32.2. The van der Waals surface area contributed by atoms with Gasteiger partial charge < -0.3 is 14.2 Å². The van der Waals surface area contributed by atoms with Crippen LogP contribution in [0.1, 0.15) is 21.5 Å². The van der Waals surface area contributed by atoms with Crippen LogP contribution in [-0.4, -0.2) is 21.2 Å². The van der Waals surface area contributed by atoms with Crippen molar-refractivity contribution in [3.8, 4) is 5.75 Å². The first-order valence-corrected chi connectivity index (χ1v) is 10.9. The molecule has 10 heteroatoms. The lowest BCUT2D eigenvalue weighted by molar-refractivity contribution is -0.0182. The lowest BCUT2D eigenvalue weighted by atomic mass is 10.1. The van der Waals surface area contributed by atoms with E-state index < -0.39 is 27.6 Å². The largest absolute Gasteiger partial charge is 0.467 e. The Hall–Kier alpha value is -3.50. The van der Waals surface area contributed by atoms with Crippen molar-refractivity contribution in [1.29, 1.82) is 0 Å². The smallest absolute Gasteiger partial charge is 0.338 e. The van der Waals surface area contributed by atoms with Gasteiger partial charge in [-0.15, -0.1) is 0 Å². The summed E-state index contributed by atoms with van der Waals surface area (Å²) >= 11 is 0. The number of benzene rings is 3. The first-order chi connectivity index (χ1) is 15.3. The van der Waals surface area contributed by atoms with Gasteiger partial charge in [-0.3, -0.25) is 4.72 Å². The number of hydrogen-bond donors (Lipinski definition) is 1. The quantitative estimate of drug-likeness (QED) is 0.559. The molecule has 0 bridgehead atoms. The maximum absolute atomic E-state index is 13.8. The highest BCUT2D eigenvalue weighted by Gasteiger charge is 2.19. The fourth-order valence-corrected chi connectivity index (χ4v) is 4.15. The van der Waals surface area contributed by atoms with E-state index in [1.807, 2.05) is 0 Å². The van der Waals surface area contributed by atoms with E-state index in [0.717, 1.165) is 24.3 Å². The van der Waals surface area contributed by atoms with E-state index in [4.69, 9.17) is 14.2 Å². The molecule has 4 rings (SSSR count). The number of halogens is 2. The summed E-state index contributed by atoms with van der Waals surface area (Å²) in [5.41, 5.74) is 1.28. The minimum absolute atomic E-state index is 0.0227. The second kappa shape index (κ2) is 8.93. The Kier molecular flexibility index (Phi) is 6.06. The average Bonchev–Trinajstić information content (AvgIpc) is 2.77. The molecule has 0 fully saturated rings. The predicted molar refractivity (Wildman–Crippen MR) is 109 cm³/mol. The Balaban J connectivity index is 1.42. The van der Waals surface area contributed by atoms with Crippen LogP contribution in [0, 0.1) is 11.6 Å². The molecule has 0 atom stereocenters. The molecule has 3 aromatic carbocycles. The van der Waals surface area contributed by atoms with Gasteiger partial charge in [0.15, 0.2) is 6.79 Å². The summed E-state index contributed by atoms with van der Waals surface area (Å²) in [5.74, 6) is -1.30. The maximum Gasteiger partial charge on any atom is 0.338 e. The normalized spacial score (nSPS) is 13.1. The summed E-state index contributed by atoms with van der Waals surface area (Å²) < 4.78 is 69.6. The molecule has 0 unspecified atom stereocenters. The molecule has 0 spiro atoms. The zero-order valence-corrected chi connectivity index (χ0v) is 17.3. The van der Waals surface area contributed by atoms with E-state index >= 15 is 0 Å². The molecule has 1 heterocycles. The molecular weight excluding hydrogens is 444 g/mol. The lowest BCUT2D eigenvalue weighted by Gasteiger charge is -2.20. The molecule has 0 saturated carbocycles. The van der Waals surface area contributed by atoms with Gasteiger partial charge in [0.25, 0.3) is 10.0 Å². The summed E-state index contributed by atoms with van der Waals surface area (Å²) in [5, 5.41) is 0. The second-order valence-electron chi connectivity index (χ2n) is 6.88. The molecule has 0 aliphatic carbocycles. The van der Waals surface area contributed by atoms with Crippen LogP contribution in [0.2, 0.25) is 0 Å². The summed E-state index contributed by atoms with van der Waals surface area (Å²) in [4.78, 5) is 12.3. The number of nitrogens with one attached hydrogen (secondary N) is 1. The Labute approximate surface area is 182 Å². The van der Waals surface area contributed by atoms with Gasteiger partial charge in [0.1, 0.15) is 24.0 Å². The third kappa shape index (κ3) is 4.87. The van der Waals surface area contributed by atoms with E-state index in [1.165, 1.54) is 36.4 Å². The Morgan fingerprint density at radius 3 is 2.44 bits per heavy atom. The summed E-state index contributed by atoms with van der Waals surface area (Å²) in [7, 11) is -3.91. The van der Waals surface area contributed by atoms with Gasteiger partial charge in [-0.05, 0) is 60.7 Å². The second-order valence-corrected chi connectivity index (χ2v) is 8.56. The first kappa shape index (κ1) is 21.7. The number of carbonyl (C=O) groups is 1. The van der Waals surface area contributed by atoms with Crippen LogP contribution >= 0.6 is 0 Å². The molecule has 1 aliphatic heterocycles. The molecule has 166 valence electrons. The van der Waals surface area contributed by atoms with Gasteiger partial charge >= 0.3 is 5.97 Å². The standard InChI is InChI=1S/C22H17F2NO6S/c23-17-3-7-20(8-4-17)32(27,28)25-19-5-1-14(2-6-19)22(26)30-12-16-10-18(24)9-15-11-29-13-31-21(15)16/h1-10,25H,11-13H2. The Bertz CT molecular complexity index is 1240. The highest BCUT2D eigenvalue weighted by Crippen LogP contribution is 2.30. The molecule has 0 amide bonds. The van der Waals surface area contributed by atoms with Crippen molar-refractivity contribution in [2.45, 2.75) is 18.1 Å². The zero-order chi connectivity index (χ0) is 22.7. The number of sulfonamides is 1. The Morgan fingerprint density at radius 2 is 1.72 bits per heavy atom. The van der Waals surface area contributed by atoms with E-state index in [2.05, 4.69) is 4.72 Å². The van der Waals surface area contributed by atoms with Crippen molar-refractivity contribution < 1.29 is 36.2 Å². The average molecular weight is 461 g/mol. The van der Waals surface area contributed by atoms with Crippen LogP contribution in [0.15, 0.2) is 65.6 Å². The summed E-state index contributed by atoms with van der Waals surface area (Å²) in [6, 6.07) is 12.4. The van der Waals surface area contributed by atoms with E-state index in [9.17, 15) is 22.0 Å². The molecule has 0 radical (unpaired) electrons. The minimum atomic E-state index is -3.91. The lowest BCUT2D eigenvalue weighted by Crippen LogP contribution is -2.15. The number of ether oxygens (including phenoxy) is 3. The maximum atomic E-state index is 13.8. The SMILES string of the molecule is O=C(OCc1cc(F)cc2c1OCOC2)c1ccc(NS(=O)(=O)c2ccc(F)cc2)cc1. The van der Waals surface area contributed by atoms with Gasteiger partial charge in [-0.25, -0.2) is 22.0 Å². The minimum Gasteiger partial charge on any atom is -0.467 e. The molecule has 32 heavy (non-hydrogen) atoms. The molecule has 1 N–H and O–H groups in total. The van der Waals surface area contributed by atoms with E-state index in [1.54, 1.807) is 0 Å². The number of esters is 1. The van der Waals surface area contributed by atoms with Gasteiger partial charge in [-0.2, -0.15) is 0 Å². The third-order valence-corrected chi connectivity index (χ3v) is 6.00. The van der Waals surface area contributed by atoms with Crippen molar-refractivity contribution in [1.82, 2.24) is 0 Å². The molecule has 0 saturated heterocycles. The molecular formula is C22H17F2NO6S. The molecule has 0 aromatic heterocycles. The van der Waals surface area contributed by atoms with Crippen molar-refractivity contribution in [3.63, 3.8) is 0 Å².